The molecule has 2 bridgehead atoms. The van der Waals surface area contributed by atoms with Crippen LogP contribution in [0.5, 0.6) is 11.8 Å². The van der Waals surface area contributed by atoms with Crippen molar-refractivity contribution in [2.75, 3.05) is 51.6 Å². The van der Waals surface area contributed by atoms with Gasteiger partial charge in [-0.15, -0.1) is 0 Å². The highest BCUT2D eigenvalue weighted by Crippen LogP contribution is 2.44. The van der Waals surface area contributed by atoms with Crippen molar-refractivity contribution in [3.05, 3.63) is 53.1 Å². The molecule has 4 fully saturated rings. The normalized spacial score (nSPS) is 24.3. The molecule has 10 nitrogen and oxygen atoms in total. The topological polar surface area (TPSA) is 89.5 Å². The lowest BCUT2D eigenvalue weighted by atomic mass is 9.95. The van der Waals surface area contributed by atoms with Crippen LogP contribution in [0.1, 0.15) is 52.9 Å². The largest absolute Gasteiger partial charge is 0.468 e. The molecule has 5 heterocycles. The molecule has 4 atom stereocenters. The van der Waals surface area contributed by atoms with Crippen molar-refractivity contribution in [2.45, 2.75) is 82.3 Å². The Balaban J connectivity index is 1.23. The van der Waals surface area contributed by atoms with Crippen LogP contribution in [0.2, 0.25) is 5.02 Å². The number of benzene rings is 3. The molecule has 0 spiro atoms. The number of carbonyl (C=O) groups excluding carboxylic acids is 1. The highest BCUT2D eigenvalue weighted by atomic mass is 35.5. The van der Waals surface area contributed by atoms with E-state index >= 15 is 4.39 Å². The lowest BCUT2D eigenvalue weighted by Crippen LogP contribution is -2.57. The van der Waals surface area contributed by atoms with Gasteiger partial charge in [-0.3, -0.25) is 9.80 Å². The van der Waals surface area contributed by atoms with E-state index in [1.54, 1.807) is 30.3 Å². The Kier molecular flexibility index (Phi) is 9.26. The van der Waals surface area contributed by atoms with Gasteiger partial charge in [0.25, 0.3) is 0 Å². The van der Waals surface area contributed by atoms with Crippen molar-refractivity contribution in [3.8, 4) is 22.9 Å². The van der Waals surface area contributed by atoms with Gasteiger partial charge in [0, 0.05) is 49.5 Å². The summed E-state index contributed by atoms with van der Waals surface area (Å²) in [5.74, 6) is -0.471. The fourth-order valence-corrected chi connectivity index (χ4v) is 9.04. The number of fused-ring (bicyclic) bond motifs is 5. The van der Waals surface area contributed by atoms with Gasteiger partial charge in [0.05, 0.1) is 22.6 Å². The van der Waals surface area contributed by atoms with Crippen LogP contribution in [0.3, 0.4) is 0 Å². The number of anilines is 1. The number of nitrogens with zero attached hydrogens (tertiary/aromatic N) is 5. The van der Waals surface area contributed by atoms with Crippen LogP contribution in [-0.4, -0.2) is 102 Å². The number of piperazine rings is 1. The Bertz CT molecular complexity index is 2070. The molecule has 282 valence electrons. The van der Waals surface area contributed by atoms with Gasteiger partial charge in [0.15, 0.2) is 12.6 Å². The lowest BCUT2D eigenvalue weighted by Gasteiger charge is -2.42. The number of carbonyl (C=O) groups is 1. The number of amides is 1. The summed E-state index contributed by atoms with van der Waals surface area (Å²) in [6.45, 7) is 7.70. The summed E-state index contributed by atoms with van der Waals surface area (Å²) >= 11 is 6.54. The minimum absolute atomic E-state index is 0.00359. The summed E-state index contributed by atoms with van der Waals surface area (Å²) in [6.07, 6.45) is 2.37. The minimum Gasteiger partial charge on any atom is -0.468 e. The summed E-state index contributed by atoms with van der Waals surface area (Å²) in [7, 11) is 1.49. The van der Waals surface area contributed by atoms with Crippen molar-refractivity contribution < 1.29 is 36.9 Å². The number of methoxy groups -OCH3 is 1. The molecule has 4 aliphatic heterocycles. The maximum atomic E-state index is 17.2. The molecule has 8 rings (SSSR count). The standard InChI is InChI=1S/C39H43ClF3N5O5/c1-38(2,3)53-37(49)48-24-7-8-25(48)19-46(18-24)35-28-10-9-27(29-15-26(52-21-50-4)14-22-6-11-30(42)32(40)31(22)29)33(43)34(28)44-36(45-35)51-20-39-12-5-13-47(39)17-23(41)16-39/h6,9-11,14-15,23-25H,5,7-8,12-13,16-21H2,1-4H3/t23-,24-,25+,39+/m1/s1. The lowest BCUT2D eigenvalue weighted by molar-refractivity contribution is 0.0122. The molecule has 4 aromatic rings. The van der Waals surface area contributed by atoms with E-state index < -0.39 is 28.9 Å². The van der Waals surface area contributed by atoms with Crippen LogP contribution < -0.4 is 14.4 Å². The van der Waals surface area contributed by atoms with E-state index in [4.69, 9.17) is 35.5 Å². The van der Waals surface area contributed by atoms with Gasteiger partial charge < -0.3 is 23.8 Å². The fourth-order valence-electron chi connectivity index (χ4n) is 8.77. The third-order valence-corrected chi connectivity index (χ3v) is 11.4. The molecule has 14 heteroatoms. The Hall–Kier alpha value is -4.07. The summed E-state index contributed by atoms with van der Waals surface area (Å²) in [4.78, 5) is 28.8. The van der Waals surface area contributed by atoms with Gasteiger partial charge in [-0.05, 0) is 88.2 Å². The van der Waals surface area contributed by atoms with E-state index in [2.05, 4.69) is 14.8 Å². The highest BCUT2D eigenvalue weighted by molar-refractivity contribution is 6.37. The molecule has 4 aliphatic rings. The summed E-state index contributed by atoms with van der Waals surface area (Å²) in [6, 6.07) is 9.18. The number of ether oxygens (including phenoxy) is 4. The number of rotatable bonds is 8. The van der Waals surface area contributed by atoms with Crippen molar-refractivity contribution >= 4 is 45.2 Å². The average Bonchev–Trinajstić information content (AvgIpc) is 3.73. The zero-order valence-corrected chi connectivity index (χ0v) is 31.0. The Morgan fingerprint density at radius 2 is 1.79 bits per heavy atom. The Labute approximate surface area is 311 Å². The molecular weight excluding hydrogens is 711 g/mol. The van der Waals surface area contributed by atoms with Crippen LogP contribution in [-0.2, 0) is 9.47 Å². The van der Waals surface area contributed by atoms with Crippen LogP contribution in [0.15, 0.2) is 36.4 Å². The smallest absolute Gasteiger partial charge is 0.410 e. The maximum Gasteiger partial charge on any atom is 0.410 e. The quantitative estimate of drug-likeness (QED) is 0.167. The highest BCUT2D eigenvalue weighted by Gasteiger charge is 2.50. The molecule has 0 unspecified atom stereocenters. The van der Waals surface area contributed by atoms with E-state index in [9.17, 15) is 13.6 Å². The third kappa shape index (κ3) is 6.58. The predicted molar refractivity (Wildman–Crippen MR) is 196 cm³/mol. The molecule has 0 radical (unpaired) electrons. The molecule has 1 amide bonds. The van der Waals surface area contributed by atoms with Crippen molar-refractivity contribution in [2.24, 2.45) is 0 Å². The molecule has 4 saturated heterocycles. The van der Waals surface area contributed by atoms with Crippen LogP contribution in [0.4, 0.5) is 23.8 Å². The number of hydrogen-bond donors (Lipinski definition) is 0. The first-order valence-electron chi connectivity index (χ1n) is 18.2. The third-order valence-electron chi connectivity index (χ3n) is 11.0. The zero-order valence-electron chi connectivity index (χ0n) is 30.3. The van der Waals surface area contributed by atoms with Gasteiger partial charge >= 0.3 is 12.1 Å². The van der Waals surface area contributed by atoms with Gasteiger partial charge in [0.1, 0.15) is 41.3 Å². The van der Waals surface area contributed by atoms with E-state index in [1.165, 1.54) is 13.2 Å². The zero-order chi connectivity index (χ0) is 37.2. The summed E-state index contributed by atoms with van der Waals surface area (Å²) in [5, 5.41) is 1.16. The fraction of sp³-hybridized carbons (Fsp3) is 0.513. The molecular formula is C39H43ClF3N5O5. The molecule has 3 aromatic carbocycles. The maximum absolute atomic E-state index is 17.2. The Morgan fingerprint density at radius 3 is 2.53 bits per heavy atom. The van der Waals surface area contributed by atoms with Crippen molar-refractivity contribution in [1.82, 2.24) is 19.8 Å². The van der Waals surface area contributed by atoms with Gasteiger partial charge in [-0.25, -0.2) is 18.0 Å². The molecule has 0 N–H and O–H groups in total. The van der Waals surface area contributed by atoms with Crippen molar-refractivity contribution in [3.63, 3.8) is 0 Å². The summed E-state index contributed by atoms with van der Waals surface area (Å²) < 4.78 is 69.7. The van der Waals surface area contributed by atoms with Gasteiger partial charge in [0.2, 0.25) is 0 Å². The number of alkyl halides is 1. The first-order valence-corrected chi connectivity index (χ1v) is 18.5. The molecule has 1 aromatic heterocycles. The first-order chi connectivity index (χ1) is 25.3. The summed E-state index contributed by atoms with van der Waals surface area (Å²) in [5.41, 5.74) is -0.669. The average molecular weight is 754 g/mol. The van der Waals surface area contributed by atoms with Crippen LogP contribution in [0, 0.1) is 11.6 Å². The second-order valence-corrected chi connectivity index (χ2v) is 16.1. The number of halogens is 4. The van der Waals surface area contributed by atoms with Crippen LogP contribution in [0.25, 0.3) is 32.8 Å². The second-order valence-electron chi connectivity index (χ2n) is 15.7. The van der Waals surface area contributed by atoms with E-state index in [0.29, 0.717) is 59.3 Å². The first kappa shape index (κ1) is 35.9. The van der Waals surface area contributed by atoms with E-state index in [1.807, 2.05) is 25.7 Å². The minimum atomic E-state index is -0.946. The molecule has 0 saturated carbocycles. The molecule has 0 aliphatic carbocycles. The van der Waals surface area contributed by atoms with Gasteiger partial charge in [-0.1, -0.05) is 23.7 Å². The molecule has 53 heavy (non-hydrogen) atoms. The number of hydrogen-bond acceptors (Lipinski definition) is 9. The Morgan fingerprint density at radius 1 is 1.02 bits per heavy atom. The van der Waals surface area contributed by atoms with E-state index in [-0.39, 0.29) is 53.7 Å². The monoisotopic (exact) mass is 753 g/mol. The van der Waals surface area contributed by atoms with Crippen molar-refractivity contribution in [1.29, 1.82) is 0 Å². The van der Waals surface area contributed by atoms with Gasteiger partial charge in [-0.2, -0.15) is 9.97 Å². The predicted octanol–water partition coefficient (Wildman–Crippen LogP) is 7.91. The second kappa shape index (κ2) is 13.7. The van der Waals surface area contributed by atoms with Crippen LogP contribution >= 0.6 is 11.6 Å². The number of aromatic nitrogens is 2. The van der Waals surface area contributed by atoms with E-state index in [0.717, 1.165) is 32.2 Å². The SMILES string of the molecule is COCOc1cc(-c2ccc3c(N4C[C@H]5CC[C@@H](C4)N5C(=O)OC(C)(C)C)nc(OC[C@@]45CCCN4C[C@H](F)C5)nc3c2F)c2c(Cl)c(F)ccc2c1.